The summed E-state index contributed by atoms with van der Waals surface area (Å²) in [5.41, 5.74) is 1.77. The molecule has 0 aromatic heterocycles. The van der Waals surface area contributed by atoms with Gasteiger partial charge >= 0.3 is 0 Å². The average Bonchev–Trinajstić information content (AvgIpc) is 2.63. The molecule has 0 amide bonds. The van der Waals surface area contributed by atoms with Crippen molar-refractivity contribution in [2.24, 2.45) is 10.9 Å². The van der Waals surface area contributed by atoms with Crippen LogP contribution in [0.3, 0.4) is 0 Å². The zero-order valence-electron chi connectivity index (χ0n) is 15.9. The number of ether oxygens (including phenoxy) is 1. The Balaban J connectivity index is 2.03. The number of nitrogens with zero attached hydrogens (tertiary/aromatic N) is 2. The molecular weight excluding hydrogens is 352 g/mol. The van der Waals surface area contributed by atoms with E-state index in [4.69, 9.17) is 4.74 Å². The molecule has 0 unspecified atom stereocenters. The largest absolute Gasteiger partial charge is 0.379 e. The van der Waals surface area contributed by atoms with Crippen LogP contribution >= 0.6 is 0 Å². The fourth-order valence-electron chi connectivity index (χ4n) is 2.68. The van der Waals surface area contributed by atoms with E-state index in [0.29, 0.717) is 44.7 Å². The number of hydrogen-bond donors (Lipinski definition) is 2. The van der Waals surface area contributed by atoms with Gasteiger partial charge in [-0.15, -0.1) is 0 Å². The summed E-state index contributed by atoms with van der Waals surface area (Å²) in [6, 6.07) is 7.62. The molecule has 26 heavy (non-hydrogen) atoms. The number of aliphatic imine (C=N–C) groups is 1. The van der Waals surface area contributed by atoms with E-state index in [2.05, 4.69) is 29.5 Å². The van der Waals surface area contributed by atoms with Gasteiger partial charge in [0.25, 0.3) is 0 Å². The molecule has 8 heteroatoms. The molecule has 2 rings (SSSR count). The lowest BCUT2D eigenvalue weighted by atomic mass is 10.1. The lowest BCUT2D eigenvalue weighted by molar-refractivity contribution is 0.0729. The number of sulfonamides is 1. The lowest BCUT2D eigenvalue weighted by Crippen LogP contribution is -2.41. The number of hydrogen-bond acceptors (Lipinski definition) is 4. The van der Waals surface area contributed by atoms with Gasteiger partial charge in [0.1, 0.15) is 0 Å². The van der Waals surface area contributed by atoms with Crippen molar-refractivity contribution in [3.05, 3.63) is 35.4 Å². The zero-order valence-corrected chi connectivity index (χ0v) is 16.7. The SMILES string of the molecule is CN=C(NCc1ccccc1CS(=O)(=O)N1CCOCC1)NCC(C)C. The van der Waals surface area contributed by atoms with E-state index in [0.717, 1.165) is 17.7 Å². The van der Waals surface area contributed by atoms with Crippen LogP contribution in [0.1, 0.15) is 25.0 Å². The second-order valence-electron chi connectivity index (χ2n) is 6.74. The Morgan fingerprint density at radius 1 is 1.19 bits per heavy atom. The first kappa shape index (κ1) is 20.7. The van der Waals surface area contributed by atoms with Gasteiger partial charge in [-0.2, -0.15) is 4.31 Å². The molecule has 0 atom stereocenters. The van der Waals surface area contributed by atoms with Gasteiger partial charge < -0.3 is 15.4 Å². The molecule has 1 fully saturated rings. The summed E-state index contributed by atoms with van der Waals surface area (Å²) < 4.78 is 32.2. The number of guanidine groups is 1. The molecule has 0 spiro atoms. The van der Waals surface area contributed by atoms with Crippen molar-refractivity contribution in [3.63, 3.8) is 0 Å². The predicted molar refractivity (Wildman–Crippen MR) is 104 cm³/mol. The summed E-state index contributed by atoms with van der Waals surface area (Å²) in [6.45, 7) is 7.38. The Morgan fingerprint density at radius 3 is 2.46 bits per heavy atom. The minimum Gasteiger partial charge on any atom is -0.379 e. The third-order valence-corrected chi connectivity index (χ3v) is 6.00. The average molecular weight is 383 g/mol. The fourth-order valence-corrected chi connectivity index (χ4v) is 4.25. The summed E-state index contributed by atoms with van der Waals surface area (Å²) in [6.07, 6.45) is 0. The first-order chi connectivity index (χ1) is 12.4. The summed E-state index contributed by atoms with van der Waals surface area (Å²) >= 11 is 0. The first-order valence-electron chi connectivity index (χ1n) is 8.99. The molecule has 0 aliphatic carbocycles. The number of morpholine rings is 1. The second-order valence-corrected chi connectivity index (χ2v) is 8.71. The van der Waals surface area contributed by atoms with E-state index in [1.165, 1.54) is 4.31 Å². The normalized spacial score (nSPS) is 16.7. The summed E-state index contributed by atoms with van der Waals surface area (Å²) in [5.74, 6) is 1.23. The molecule has 0 radical (unpaired) electrons. The maximum Gasteiger partial charge on any atom is 0.218 e. The maximum atomic E-state index is 12.7. The highest BCUT2D eigenvalue weighted by Crippen LogP contribution is 2.16. The topological polar surface area (TPSA) is 83.0 Å². The third-order valence-electron chi connectivity index (χ3n) is 4.17. The third kappa shape index (κ3) is 6.26. The fraction of sp³-hybridized carbons (Fsp3) is 0.611. The van der Waals surface area contributed by atoms with Crippen molar-refractivity contribution < 1.29 is 13.2 Å². The van der Waals surface area contributed by atoms with E-state index in [9.17, 15) is 8.42 Å². The smallest absolute Gasteiger partial charge is 0.218 e. The van der Waals surface area contributed by atoms with Gasteiger partial charge in [0, 0.05) is 33.2 Å². The van der Waals surface area contributed by atoms with E-state index >= 15 is 0 Å². The number of rotatable bonds is 7. The van der Waals surface area contributed by atoms with Crippen LogP contribution in [0.2, 0.25) is 0 Å². The molecule has 0 bridgehead atoms. The van der Waals surface area contributed by atoms with Gasteiger partial charge in [-0.25, -0.2) is 8.42 Å². The molecular formula is C18H30N4O3S. The van der Waals surface area contributed by atoms with Crippen LogP contribution in [0.15, 0.2) is 29.3 Å². The van der Waals surface area contributed by atoms with Crippen LogP contribution in [0.5, 0.6) is 0 Å². The lowest BCUT2D eigenvalue weighted by Gasteiger charge is -2.26. The van der Waals surface area contributed by atoms with Gasteiger partial charge in [-0.05, 0) is 17.0 Å². The van der Waals surface area contributed by atoms with E-state index < -0.39 is 10.0 Å². The molecule has 1 saturated heterocycles. The minimum atomic E-state index is -3.34. The van der Waals surface area contributed by atoms with E-state index in [1.54, 1.807) is 7.05 Å². The Morgan fingerprint density at radius 2 is 1.85 bits per heavy atom. The Labute approximate surface area is 156 Å². The summed E-state index contributed by atoms with van der Waals surface area (Å²) in [4.78, 5) is 4.21. The van der Waals surface area contributed by atoms with Crippen molar-refractivity contribution in [1.82, 2.24) is 14.9 Å². The van der Waals surface area contributed by atoms with Crippen molar-refractivity contribution in [1.29, 1.82) is 0 Å². The molecule has 2 N–H and O–H groups in total. The predicted octanol–water partition coefficient (Wildman–Crippen LogP) is 1.17. The molecule has 0 saturated carbocycles. The standard InChI is InChI=1S/C18H30N4O3S/c1-15(2)12-20-18(19-3)21-13-16-6-4-5-7-17(16)14-26(23,24)22-8-10-25-11-9-22/h4-7,15H,8-14H2,1-3H3,(H2,19,20,21). The van der Waals surface area contributed by atoms with E-state index in [-0.39, 0.29) is 5.75 Å². The number of benzene rings is 1. The van der Waals surface area contributed by atoms with Crippen molar-refractivity contribution in [2.75, 3.05) is 39.9 Å². The van der Waals surface area contributed by atoms with Crippen LogP contribution < -0.4 is 10.6 Å². The Bertz CT molecular complexity index is 698. The molecule has 146 valence electrons. The molecule has 1 heterocycles. The quantitative estimate of drug-likeness (QED) is 0.546. The van der Waals surface area contributed by atoms with Crippen LogP contribution in [0.25, 0.3) is 0 Å². The number of nitrogens with one attached hydrogen (secondary N) is 2. The van der Waals surface area contributed by atoms with Crippen molar-refractivity contribution >= 4 is 16.0 Å². The van der Waals surface area contributed by atoms with Gasteiger partial charge in [-0.3, -0.25) is 4.99 Å². The van der Waals surface area contributed by atoms with Crippen molar-refractivity contribution in [3.8, 4) is 0 Å². The van der Waals surface area contributed by atoms with Crippen LogP contribution in [0, 0.1) is 5.92 Å². The maximum absolute atomic E-state index is 12.7. The Kier molecular flexibility index (Phi) is 7.86. The summed E-state index contributed by atoms with van der Waals surface area (Å²) in [7, 11) is -1.62. The van der Waals surface area contributed by atoms with Gasteiger partial charge in [0.05, 0.1) is 19.0 Å². The Hall–Kier alpha value is -1.64. The first-order valence-corrected chi connectivity index (χ1v) is 10.6. The molecule has 1 aliphatic heterocycles. The monoisotopic (exact) mass is 382 g/mol. The molecule has 1 aromatic rings. The van der Waals surface area contributed by atoms with Gasteiger partial charge in [-0.1, -0.05) is 38.1 Å². The van der Waals surface area contributed by atoms with Crippen LogP contribution in [-0.4, -0.2) is 58.6 Å². The molecule has 1 aromatic carbocycles. The van der Waals surface area contributed by atoms with Crippen molar-refractivity contribution in [2.45, 2.75) is 26.1 Å². The zero-order chi connectivity index (χ0) is 19.0. The summed E-state index contributed by atoms with van der Waals surface area (Å²) in [5, 5.41) is 6.51. The van der Waals surface area contributed by atoms with Crippen LogP contribution in [-0.2, 0) is 27.1 Å². The highest BCUT2D eigenvalue weighted by atomic mass is 32.2. The molecule has 7 nitrogen and oxygen atoms in total. The minimum absolute atomic E-state index is 0.00285. The second kappa shape index (κ2) is 9.89. The highest BCUT2D eigenvalue weighted by Gasteiger charge is 2.25. The molecule has 1 aliphatic rings. The highest BCUT2D eigenvalue weighted by molar-refractivity contribution is 7.88. The van der Waals surface area contributed by atoms with Crippen LogP contribution in [0.4, 0.5) is 0 Å². The van der Waals surface area contributed by atoms with E-state index in [1.807, 2.05) is 24.3 Å². The van der Waals surface area contributed by atoms with Gasteiger partial charge in [0.15, 0.2) is 5.96 Å². The van der Waals surface area contributed by atoms with Gasteiger partial charge in [0.2, 0.25) is 10.0 Å².